The van der Waals surface area contributed by atoms with Crippen LogP contribution in [0.25, 0.3) is 0 Å². The van der Waals surface area contributed by atoms with Crippen molar-refractivity contribution in [1.29, 1.82) is 0 Å². The third-order valence-corrected chi connectivity index (χ3v) is 7.52. The summed E-state index contributed by atoms with van der Waals surface area (Å²) in [5.41, 5.74) is 0. The van der Waals surface area contributed by atoms with Gasteiger partial charge in [-0.15, -0.1) is 0 Å². The lowest BCUT2D eigenvalue weighted by molar-refractivity contribution is 0.159. The van der Waals surface area contributed by atoms with E-state index in [0.29, 0.717) is 19.7 Å². The molecule has 0 unspecified atom stereocenters. The molecule has 20 heavy (non-hydrogen) atoms. The Hall–Kier alpha value is 0.180. The number of nitrogens with zero attached hydrogens (tertiary/aromatic N) is 2. The van der Waals surface area contributed by atoms with Crippen molar-refractivity contribution in [1.82, 2.24) is 8.61 Å². The summed E-state index contributed by atoms with van der Waals surface area (Å²) in [7, 11) is -1.73. The van der Waals surface area contributed by atoms with Gasteiger partial charge >= 0.3 is 0 Å². The molecule has 118 valence electrons. The predicted molar refractivity (Wildman–Crippen MR) is 83.3 cm³/mol. The zero-order valence-electron chi connectivity index (χ0n) is 12.5. The summed E-state index contributed by atoms with van der Waals surface area (Å²) < 4.78 is 34.5. The van der Waals surface area contributed by atoms with Crippen LogP contribution in [-0.4, -0.2) is 67.4 Å². The van der Waals surface area contributed by atoms with Crippen molar-refractivity contribution in [2.75, 3.05) is 38.3 Å². The summed E-state index contributed by atoms with van der Waals surface area (Å²) in [6.45, 7) is 3.61. The average molecular weight is 322 g/mol. The van der Waals surface area contributed by atoms with Gasteiger partial charge in [0.05, 0.1) is 6.61 Å². The van der Waals surface area contributed by atoms with Crippen molar-refractivity contribution in [3.8, 4) is 0 Å². The molecule has 2 aliphatic heterocycles. The Labute approximate surface area is 127 Å². The highest BCUT2D eigenvalue weighted by Gasteiger charge is 2.38. The molecule has 2 aliphatic rings. The molecule has 0 N–H and O–H groups in total. The predicted octanol–water partition coefficient (Wildman–Crippen LogP) is 1.56. The minimum Gasteiger partial charge on any atom is -0.383 e. The van der Waals surface area contributed by atoms with Crippen LogP contribution in [0.2, 0.25) is 0 Å². The minimum absolute atomic E-state index is 0.118. The van der Waals surface area contributed by atoms with E-state index in [1.165, 1.54) is 0 Å². The van der Waals surface area contributed by atoms with Crippen molar-refractivity contribution >= 4 is 22.0 Å². The first-order valence-electron chi connectivity index (χ1n) is 7.42. The van der Waals surface area contributed by atoms with Crippen molar-refractivity contribution in [3.63, 3.8) is 0 Å². The topological polar surface area (TPSA) is 49.9 Å². The Kier molecular flexibility index (Phi) is 6.16. The number of ether oxygens (including phenoxy) is 1. The van der Waals surface area contributed by atoms with Crippen molar-refractivity contribution in [2.45, 2.75) is 44.7 Å². The van der Waals surface area contributed by atoms with E-state index >= 15 is 0 Å². The lowest BCUT2D eigenvalue weighted by Gasteiger charge is -2.38. The summed E-state index contributed by atoms with van der Waals surface area (Å²) in [5.74, 6) is 1.96. The van der Waals surface area contributed by atoms with Gasteiger partial charge in [-0.05, 0) is 31.9 Å². The molecule has 0 aromatic rings. The first-order chi connectivity index (χ1) is 9.57. The second kappa shape index (κ2) is 7.45. The van der Waals surface area contributed by atoms with E-state index in [1.54, 1.807) is 15.7 Å². The van der Waals surface area contributed by atoms with E-state index in [0.717, 1.165) is 37.2 Å². The molecular weight excluding hydrogens is 296 g/mol. The van der Waals surface area contributed by atoms with Crippen molar-refractivity contribution in [2.24, 2.45) is 0 Å². The third-order valence-electron chi connectivity index (χ3n) is 4.16. The van der Waals surface area contributed by atoms with Gasteiger partial charge in [0.15, 0.2) is 0 Å². The average Bonchev–Trinajstić information content (AvgIpc) is 2.93. The Morgan fingerprint density at radius 3 is 2.75 bits per heavy atom. The Morgan fingerprint density at radius 2 is 2.15 bits per heavy atom. The summed E-state index contributed by atoms with van der Waals surface area (Å²) >= 11 is 1.84. The highest BCUT2D eigenvalue weighted by molar-refractivity contribution is 7.99. The van der Waals surface area contributed by atoms with Gasteiger partial charge in [0.1, 0.15) is 0 Å². The van der Waals surface area contributed by atoms with Gasteiger partial charge in [0.2, 0.25) is 0 Å². The number of hydrogen-bond donors (Lipinski definition) is 0. The quantitative estimate of drug-likeness (QED) is 0.745. The SMILES string of the molecule is COCCN([C@@H]1CCSC1)S(=O)(=O)N1CCCC[C@@H]1C. The number of rotatable bonds is 6. The minimum atomic E-state index is -3.36. The van der Waals surface area contributed by atoms with Crippen molar-refractivity contribution in [3.05, 3.63) is 0 Å². The molecule has 0 amide bonds. The van der Waals surface area contributed by atoms with E-state index in [2.05, 4.69) is 0 Å². The van der Waals surface area contributed by atoms with Crippen LogP contribution in [0.4, 0.5) is 0 Å². The summed E-state index contributed by atoms with van der Waals surface area (Å²) in [6, 6.07) is 0.252. The molecule has 2 atom stereocenters. The zero-order chi connectivity index (χ0) is 14.6. The summed E-state index contributed by atoms with van der Waals surface area (Å²) in [5, 5.41) is 0. The first kappa shape index (κ1) is 16.5. The van der Waals surface area contributed by atoms with Crippen LogP contribution in [0.15, 0.2) is 0 Å². The maximum absolute atomic E-state index is 13.0. The standard InChI is InChI=1S/C13H26N2O3S2/c1-12-5-3-4-7-14(12)20(16,17)15(8-9-18-2)13-6-10-19-11-13/h12-13H,3-11H2,1-2H3/t12-,13+/m0/s1. The molecule has 2 saturated heterocycles. The number of methoxy groups -OCH3 is 1. The Bertz CT molecular complexity index is 396. The van der Waals surface area contributed by atoms with Crippen LogP contribution in [-0.2, 0) is 14.9 Å². The molecule has 5 nitrogen and oxygen atoms in total. The Balaban J connectivity index is 2.15. The van der Waals surface area contributed by atoms with Gasteiger partial charge in [-0.2, -0.15) is 28.8 Å². The van der Waals surface area contributed by atoms with E-state index in [-0.39, 0.29) is 12.1 Å². The van der Waals surface area contributed by atoms with Gasteiger partial charge < -0.3 is 4.74 Å². The molecule has 0 radical (unpaired) electrons. The molecule has 0 aromatic heterocycles. The lowest BCUT2D eigenvalue weighted by Crippen LogP contribution is -2.53. The summed E-state index contributed by atoms with van der Waals surface area (Å²) in [4.78, 5) is 0. The highest BCUT2D eigenvalue weighted by atomic mass is 32.2. The van der Waals surface area contributed by atoms with Crippen LogP contribution < -0.4 is 0 Å². The Morgan fingerprint density at radius 1 is 1.35 bits per heavy atom. The maximum Gasteiger partial charge on any atom is 0.282 e. The van der Waals surface area contributed by atoms with Gasteiger partial charge in [0, 0.05) is 38.0 Å². The molecule has 0 aliphatic carbocycles. The van der Waals surface area contributed by atoms with Gasteiger partial charge in [-0.3, -0.25) is 0 Å². The second-order valence-electron chi connectivity index (χ2n) is 5.58. The van der Waals surface area contributed by atoms with E-state index in [4.69, 9.17) is 4.74 Å². The lowest BCUT2D eigenvalue weighted by atomic mass is 10.1. The largest absolute Gasteiger partial charge is 0.383 e. The van der Waals surface area contributed by atoms with Crippen LogP contribution in [0, 0.1) is 0 Å². The number of piperidine rings is 1. The highest BCUT2D eigenvalue weighted by Crippen LogP contribution is 2.28. The maximum atomic E-state index is 13.0. The molecular formula is C13H26N2O3S2. The molecule has 0 spiro atoms. The van der Waals surface area contributed by atoms with E-state index in [9.17, 15) is 8.42 Å². The monoisotopic (exact) mass is 322 g/mol. The molecule has 2 heterocycles. The van der Waals surface area contributed by atoms with Crippen LogP contribution in [0.5, 0.6) is 0 Å². The summed E-state index contributed by atoms with van der Waals surface area (Å²) in [6.07, 6.45) is 4.03. The second-order valence-corrected chi connectivity index (χ2v) is 8.57. The smallest absolute Gasteiger partial charge is 0.282 e. The molecule has 7 heteroatoms. The van der Waals surface area contributed by atoms with Crippen LogP contribution in [0.1, 0.15) is 32.6 Å². The van der Waals surface area contributed by atoms with Gasteiger partial charge in [0.25, 0.3) is 10.2 Å². The third kappa shape index (κ3) is 3.68. The van der Waals surface area contributed by atoms with Crippen molar-refractivity contribution < 1.29 is 13.2 Å². The fourth-order valence-corrected chi connectivity index (χ4v) is 6.34. The zero-order valence-corrected chi connectivity index (χ0v) is 14.1. The number of hydrogen-bond acceptors (Lipinski definition) is 4. The number of thioether (sulfide) groups is 1. The van der Waals surface area contributed by atoms with E-state index < -0.39 is 10.2 Å². The molecule has 0 aromatic carbocycles. The fourth-order valence-electron chi connectivity index (χ4n) is 2.97. The normalized spacial score (nSPS) is 29.1. The molecule has 0 bridgehead atoms. The van der Waals surface area contributed by atoms with Crippen LogP contribution >= 0.6 is 11.8 Å². The molecule has 0 saturated carbocycles. The fraction of sp³-hybridized carbons (Fsp3) is 1.00. The van der Waals surface area contributed by atoms with E-state index in [1.807, 2.05) is 18.7 Å². The van der Waals surface area contributed by atoms with Gasteiger partial charge in [-0.25, -0.2) is 0 Å². The van der Waals surface area contributed by atoms with Gasteiger partial charge in [-0.1, -0.05) is 6.42 Å². The molecule has 2 fully saturated rings. The first-order valence-corrected chi connectivity index (χ1v) is 9.98. The molecule has 2 rings (SSSR count). The van der Waals surface area contributed by atoms with Crippen LogP contribution in [0.3, 0.4) is 0 Å².